The third kappa shape index (κ3) is 3.49. The summed E-state index contributed by atoms with van der Waals surface area (Å²) in [5.74, 6) is -1.32. The molecule has 0 radical (unpaired) electrons. The summed E-state index contributed by atoms with van der Waals surface area (Å²) in [6.07, 6.45) is 0. The van der Waals surface area contributed by atoms with Crippen LogP contribution in [-0.2, 0) is 10.3 Å². The van der Waals surface area contributed by atoms with Gasteiger partial charge in [0.25, 0.3) is 5.91 Å². The molecule has 2 heterocycles. The van der Waals surface area contributed by atoms with Gasteiger partial charge in [-0.1, -0.05) is 29.8 Å². The number of hydrogen-bond acceptors (Lipinski definition) is 3. The third-order valence-corrected chi connectivity index (χ3v) is 6.02. The first kappa shape index (κ1) is 21.5. The zero-order valence-electron chi connectivity index (χ0n) is 18.4. The van der Waals surface area contributed by atoms with Gasteiger partial charge in [0.15, 0.2) is 5.78 Å². The van der Waals surface area contributed by atoms with E-state index in [4.69, 9.17) is 0 Å². The predicted molar refractivity (Wildman–Crippen MR) is 118 cm³/mol. The fraction of sp³-hybridized carbons (Fsp3) is 0.240. The Labute approximate surface area is 185 Å². The molecule has 0 spiro atoms. The van der Waals surface area contributed by atoms with Gasteiger partial charge in [0.05, 0.1) is 6.54 Å². The van der Waals surface area contributed by atoms with Crippen LogP contribution in [0.25, 0.3) is 5.69 Å². The molecule has 0 aliphatic carbocycles. The second-order valence-electron chi connectivity index (χ2n) is 8.33. The van der Waals surface area contributed by atoms with Crippen molar-refractivity contribution in [2.24, 2.45) is 0 Å². The monoisotopic (exact) mass is 433 g/mol. The van der Waals surface area contributed by atoms with Gasteiger partial charge in [-0.25, -0.2) is 9.18 Å². The number of carbonyl (C=O) groups excluding carboxylic acids is 3. The Morgan fingerprint density at radius 1 is 1.00 bits per heavy atom. The van der Waals surface area contributed by atoms with E-state index < -0.39 is 23.3 Å². The van der Waals surface area contributed by atoms with E-state index in [1.807, 2.05) is 49.6 Å². The number of Topliss-reactive ketones (excluding diaryl/α,β-unsaturated/α-hetero) is 1. The second-order valence-corrected chi connectivity index (χ2v) is 8.33. The molecular formula is C25H24FN3O3. The predicted octanol–water partition coefficient (Wildman–Crippen LogP) is 4.19. The van der Waals surface area contributed by atoms with Crippen LogP contribution in [0.4, 0.5) is 9.18 Å². The summed E-state index contributed by atoms with van der Waals surface area (Å²) in [7, 11) is 0. The van der Waals surface area contributed by atoms with Gasteiger partial charge in [0.1, 0.15) is 11.4 Å². The number of imide groups is 1. The summed E-state index contributed by atoms with van der Waals surface area (Å²) >= 11 is 0. The number of benzene rings is 2. The molecule has 1 aromatic heterocycles. The molecule has 2 aromatic carbocycles. The van der Waals surface area contributed by atoms with Crippen molar-refractivity contribution < 1.29 is 18.8 Å². The molecule has 32 heavy (non-hydrogen) atoms. The molecule has 3 amide bonds. The summed E-state index contributed by atoms with van der Waals surface area (Å²) in [4.78, 5) is 39.7. The van der Waals surface area contributed by atoms with Crippen molar-refractivity contribution in [2.45, 2.75) is 33.2 Å². The van der Waals surface area contributed by atoms with Crippen molar-refractivity contribution in [3.05, 3.63) is 88.5 Å². The van der Waals surface area contributed by atoms with E-state index in [0.29, 0.717) is 11.1 Å². The second kappa shape index (κ2) is 7.75. The number of amides is 3. The molecule has 1 unspecified atom stereocenters. The largest absolute Gasteiger partial charge is 0.325 e. The maximum Gasteiger partial charge on any atom is 0.325 e. The molecule has 1 saturated heterocycles. The van der Waals surface area contributed by atoms with E-state index in [1.54, 1.807) is 13.0 Å². The van der Waals surface area contributed by atoms with E-state index in [2.05, 4.69) is 5.32 Å². The van der Waals surface area contributed by atoms with Crippen LogP contribution >= 0.6 is 0 Å². The molecule has 4 rings (SSSR count). The lowest BCUT2D eigenvalue weighted by atomic mass is 9.92. The zero-order chi connectivity index (χ0) is 23.2. The summed E-state index contributed by atoms with van der Waals surface area (Å²) in [5, 5.41) is 2.64. The molecule has 1 aliphatic heterocycles. The highest BCUT2D eigenvalue weighted by molar-refractivity contribution is 6.11. The SMILES string of the molecule is Cc1ccc(-n2c(C)cc(C(=O)CN3C(=O)NC(C)(c4ccc(F)cc4)C3=O)c2C)cc1. The van der Waals surface area contributed by atoms with E-state index >= 15 is 0 Å². The quantitative estimate of drug-likeness (QED) is 0.484. The molecule has 1 aliphatic rings. The normalized spacial score (nSPS) is 18.2. The molecule has 3 aromatic rings. The van der Waals surface area contributed by atoms with Gasteiger partial charge < -0.3 is 9.88 Å². The lowest BCUT2D eigenvalue weighted by Crippen LogP contribution is -2.41. The highest BCUT2D eigenvalue weighted by atomic mass is 19.1. The average molecular weight is 433 g/mol. The van der Waals surface area contributed by atoms with Crippen molar-refractivity contribution in [1.29, 1.82) is 0 Å². The number of halogens is 1. The number of nitrogens with zero attached hydrogens (tertiary/aromatic N) is 2. The minimum atomic E-state index is -1.36. The highest BCUT2D eigenvalue weighted by Crippen LogP contribution is 2.29. The minimum absolute atomic E-state index is 0.330. The van der Waals surface area contributed by atoms with Gasteiger partial charge in [0.2, 0.25) is 0 Å². The van der Waals surface area contributed by atoms with Crippen LogP contribution in [0.15, 0.2) is 54.6 Å². The van der Waals surface area contributed by atoms with Crippen LogP contribution in [0.2, 0.25) is 0 Å². The first-order chi connectivity index (χ1) is 15.1. The number of urea groups is 1. The van der Waals surface area contributed by atoms with E-state index in [0.717, 1.165) is 27.5 Å². The number of ketones is 1. The summed E-state index contributed by atoms with van der Waals surface area (Å²) in [6.45, 7) is 6.93. The lowest BCUT2D eigenvalue weighted by Gasteiger charge is -2.22. The molecule has 6 nitrogen and oxygen atoms in total. The molecule has 0 bridgehead atoms. The number of hydrogen-bond donors (Lipinski definition) is 1. The molecular weight excluding hydrogens is 409 g/mol. The van der Waals surface area contributed by atoms with E-state index in [-0.39, 0.29) is 12.3 Å². The average Bonchev–Trinajstić information content (AvgIpc) is 3.17. The van der Waals surface area contributed by atoms with E-state index in [1.165, 1.54) is 24.3 Å². The van der Waals surface area contributed by atoms with Crippen LogP contribution in [0.5, 0.6) is 0 Å². The number of rotatable bonds is 5. The maximum atomic E-state index is 13.3. The summed E-state index contributed by atoms with van der Waals surface area (Å²) in [5.41, 5.74) is 3.24. The molecule has 1 fully saturated rings. The van der Waals surface area contributed by atoms with Crippen molar-refractivity contribution in [2.75, 3.05) is 6.54 Å². The number of carbonyl (C=O) groups is 3. The molecule has 1 atom stereocenters. The third-order valence-electron chi connectivity index (χ3n) is 6.02. The van der Waals surface area contributed by atoms with Gasteiger partial charge in [-0.15, -0.1) is 0 Å². The van der Waals surface area contributed by atoms with Crippen molar-refractivity contribution in [3.8, 4) is 5.69 Å². The zero-order valence-corrected chi connectivity index (χ0v) is 18.4. The van der Waals surface area contributed by atoms with Crippen molar-refractivity contribution >= 4 is 17.7 Å². The first-order valence-electron chi connectivity index (χ1n) is 10.3. The molecule has 164 valence electrons. The van der Waals surface area contributed by atoms with Gasteiger partial charge in [-0.05, 0) is 63.6 Å². The van der Waals surface area contributed by atoms with Crippen molar-refractivity contribution in [3.63, 3.8) is 0 Å². The number of aryl methyl sites for hydroxylation is 2. The molecule has 7 heteroatoms. The van der Waals surface area contributed by atoms with E-state index in [9.17, 15) is 18.8 Å². The maximum absolute atomic E-state index is 13.3. The Morgan fingerprint density at radius 3 is 2.25 bits per heavy atom. The van der Waals surface area contributed by atoms with Crippen LogP contribution < -0.4 is 5.32 Å². The van der Waals surface area contributed by atoms with Gasteiger partial charge in [-0.2, -0.15) is 0 Å². The summed E-state index contributed by atoms with van der Waals surface area (Å²) < 4.78 is 15.3. The Kier molecular flexibility index (Phi) is 5.20. The fourth-order valence-electron chi connectivity index (χ4n) is 4.18. The standard InChI is InChI=1S/C25H24FN3O3/c1-15-5-11-20(12-6-15)29-16(2)13-21(17(29)3)22(30)14-28-23(31)25(4,27-24(28)32)18-7-9-19(26)10-8-18/h5-13H,14H2,1-4H3,(H,27,32). The van der Waals surface area contributed by atoms with Crippen LogP contribution in [0, 0.1) is 26.6 Å². The van der Waals surface area contributed by atoms with Crippen molar-refractivity contribution in [1.82, 2.24) is 14.8 Å². The topological polar surface area (TPSA) is 71.4 Å². The highest BCUT2D eigenvalue weighted by Gasteiger charge is 2.49. The van der Waals surface area contributed by atoms with Crippen LogP contribution in [0.1, 0.15) is 39.8 Å². The van der Waals surface area contributed by atoms with Gasteiger partial charge in [0, 0.05) is 22.6 Å². The Bertz CT molecular complexity index is 1230. The van der Waals surface area contributed by atoms with Gasteiger partial charge in [-0.3, -0.25) is 14.5 Å². The fourth-order valence-corrected chi connectivity index (χ4v) is 4.18. The van der Waals surface area contributed by atoms with Crippen LogP contribution in [0.3, 0.4) is 0 Å². The lowest BCUT2D eigenvalue weighted by molar-refractivity contribution is -0.130. The molecule has 1 N–H and O–H groups in total. The number of aromatic nitrogens is 1. The Balaban J connectivity index is 1.60. The minimum Gasteiger partial charge on any atom is -0.319 e. The van der Waals surface area contributed by atoms with Gasteiger partial charge >= 0.3 is 6.03 Å². The van der Waals surface area contributed by atoms with Crippen LogP contribution in [-0.4, -0.2) is 33.7 Å². The first-order valence-corrected chi connectivity index (χ1v) is 10.3. The smallest absolute Gasteiger partial charge is 0.319 e. The Hall–Kier alpha value is -3.74. The Morgan fingerprint density at radius 2 is 1.62 bits per heavy atom. The molecule has 0 saturated carbocycles. The number of nitrogens with one attached hydrogen (secondary N) is 1. The summed E-state index contributed by atoms with van der Waals surface area (Å²) in [6, 6.07) is 14.4.